The lowest BCUT2D eigenvalue weighted by molar-refractivity contribution is -0.138. The quantitative estimate of drug-likeness (QED) is 0.879. The first-order valence-corrected chi connectivity index (χ1v) is 7.25. The van der Waals surface area contributed by atoms with Gasteiger partial charge < -0.3 is 10.0 Å². The number of nitrogens with zero attached hydrogens (tertiary/aromatic N) is 1. The summed E-state index contributed by atoms with van der Waals surface area (Å²) in [6.45, 7) is 0.547. The molecule has 102 valence electrons. The summed E-state index contributed by atoms with van der Waals surface area (Å²) in [5, 5.41) is 9.22. The summed E-state index contributed by atoms with van der Waals surface area (Å²) in [7, 11) is 0. The van der Waals surface area contributed by atoms with Crippen molar-refractivity contribution in [1.82, 2.24) is 4.90 Å². The Labute approximate surface area is 114 Å². The zero-order valence-electron chi connectivity index (χ0n) is 11.2. The number of carbonyl (C=O) groups is 1. The lowest BCUT2D eigenvalue weighted by atomic mass is 9.88. The van der Waals surface area contributed by atoms with Gasteiger partial charge in [-0.2, -0.15) is 0 Å². The van der Waals surface area contributed by atoms with E-state index >= 15 is 0 Å². The standard InChI is InChI=1S/C16H21NO2/c18-12-11-17(14-7-4-8-14)15(19)16(9-10-16)13-5-2-1-3-6-13/h1-3,5-6,14,18H,4,7-12H2. The Hall–Kier alpha value is -1.35. The maximum Gasteiger partial charge on any atom is 0.233 e. The molecular weight excluding hydrogens is 238 g/mol. The molecule has 19 heavy (non-hydrogen) atoms. The van der Waals surface area contributed by atoms with Gasteiger partial charge in [-0.05, 0) is 37.7 Å². The van der Waals surface area contributed by atoms with Crippen molar-refractivity contribution in [2.24, 2.45) is 0 Å². The topological polar surface area (TPSA) is 40.5 Å². The molecule has 0 saturated heterocycles. The van der Waals surface area contributed by atoms with Crippen LogP contribution in [0.2, 0.25) is 0 Å². The molecule has 1 N–H and O–H groups in total. The van der Waals surface area contributed by atoms with Crippen molar-refractivity contribution in [3.8, 4) is 0 Å². The fraction of sp³-hybridized carbons (Fsp3) is 0.562. The van der Waals surface area contributed by atoms with Gasteiger partial charge in [0.05, 0.1) is 12.0 Å². The third kappa shape index (κ3) is 2.16. The summed E-state index contributed by atoms with van der Waals surface area (Å²) in [5.74, 6) is 0.234. The monoisotopic (exact) mass is 259 g/mol. The van der Waals surface area contributed by atoms with Crippen molar-refractivity contribution >= 4 is 5.91 Å². The smallest absolute Gasteiger partial charge is 0.233 e. The molecule has 3 heteroatoms. The number of rotatable bonds is 5. The Bertz CT molecular complexity index is 449. The summed E-state index contributed by atoms with van der Waals surface area (Å²) >= 11 is 0. The van der Waals surface area contributed by atoms with E-state index in [0.29, 0.717) is 12.6 Å². The third-order valence-electron chi connectivity index (χ3n) is 4.60. The second-order valence-electron chi connectivity index (χ2n) is 5.76. The van der Waals surface area contributed by atoms with Gasteiger partial charge in [-0.25, -0.2) is 0 Å². The summed E-state index contributed by atoms with van der Waals surface area (Å²) < 4.78 is 0. The minimum atomic E-state index is -0.286. The van der Waals surface area contributed by atoms with Gasteiger partial charge in [-0.1, -0.05) is 30.3 Å². The molecule has 2 saturated carbocycles. The number of hydrogen-bond acceptors (Lipinski definition) is 2. The van der Waals surface area contributed by atoms with E-state index in [-0.39, 0.29) is 17.9 Å². The van der Waals surface area contributed by atoms with Crippen LogP contribution in [0, 0.1) is 0 Å². The van der Waals surface area contributed by atoms with Crippen molar-refractivity contribution in [3.05, 3.63) is 35.9 Å². The third-order valence-corrected chi connectivity index (χ3v) is 4.60. The van der Waals surface area contributed by atoms with Crippen LogP contribution < -0.4 is 0 Å². The van der Waals surface area contributed by atoms with Crippen molar-refractivity contribution < 1.29 is 9.90 Å². The molecule has 0 radical (unpaired) electrons. The number of hydrogen-bond donors (Lipinski definition) is 1. The number of aliphatic hydroxyl groups excluding tert-OH is 1. The average Bonchev–Trinajstić information content (AvgIpc) is 3.18. The fourth-order valence-electron chi connectivity index (χ4n) is 3.04. The number of amides is 1. The minimum Gasteiger partial charge on any atom is -0.395 e. The summed E-state index contributed by atoms with van der Waals surface area (Å²) in [6.07, 6.45) is 5.29. The molecule has 0 heterocycles. The van der Waals surface area contributed by atoms with Gasteiger partial charge in [0.25, 0.3) is 0 Å². The molecule has 0 aromatic heterocycles. The van der Waals surface area contributed by atoms with Gasteiger partial charge in [0, 0.05) is 12.6 Å². The van der Waals surface area contributed by atoms with Crippen LogP contribution in [0.15, 0.2) is 30.3 Å². The van der Waals surface area contributed by atoms with Crippen LogP contribution in [0.5, 0.6) is 0 Å². The molecule has 2 aliphatic carbocycles. The second-order valence-corrected chi connectivity index (χ2v) is 5.76. The van der Waals surface area contributed by atoms with Crippen LogP contribution in [-0.2, 0) is 10.2 Å². The Morgan fingerprint density at radius 3 is 2.42 bits per heavy atom. The first-order valence-electron chi connectivity index (χ1n) is 7.25. The van der Waals surface area contributed by atoms with Crippen molar-refractivity contribution in [2.45, 2.75) is 43.6 Å². The first kappa shape index (κ1) is 12.7. The van der Waals surface area contributed by atoms with Gasteiger partial charge >= 0.3 is 0 Å². The normalized spacial score (nSPS) is 20.7. The van der Waals surface area contributed by atoms with Crippen LogP contribution in [0.1, 0.15) is 37.7 Å². The molecule has 2 fully saturated rings. The van der Waals surface area contributed by atoms with E-state index in [1.165, 1.54) is 6.42 Å². The Morgan fingerprint density at radius 1 is 1.26 bits per heavy atom. The van der Waals surface area contributed by atoms with Crippen LogP contribution in [0.4, 0.5) is 0 Å². The highest BCUT2D eigenvalue weighted by atomic mass is 16.3. The summed E-state index contributed by atoms with van der Waals surface area (Å²) in [6, 6.07) is 10.5. The largest absolute Gasteiger partial charge is 0.395 e. The summed E-state index contributed by atoms with van der Waals surface area (Å²) in [5.41, 5.74) is 0.855. The zero-order chi connectivity index (χ0) is 13.3. The molecule has 0 unspecified atom stereocenters. The van der Waals surface area contributed by atoms with E-state index in [0.717, 1.165) is 31.2 Å². The van der Waals surface area contributed by atoms with Crippen molar-refractivity contribution in [1.29, 1.82) is 0 Å². The highest BCUT2D eigenvalue weighted by Gasteiger charge is 2.53. The van der Waals surface area contributed by atoms with E-state index in [2.05, 4.69) is 12.1 Å². The van der Waals surface area contributed by atoms with Gasteiger partial charge in [0.1, 0.15) is 0 Å². The fourth-order valence-corrected chi connectivity index (χ4v) is 3.04. The molecule has 2 aliphatic rings. The molecule has 1 aromatic carbocycles. The van der Waals surface area contributed by atoms with E-state index in [4.69, 9.17) is 0 Å². The van der Waals surface area contributed by atoms with Crippen molar-refractivity contribution in [2.75, 3.05) is 13.2 Å². The number of aliphatic hydroxyl groups is 1. The van der Waals surface area contributed by atoms with E-state index < -0.39 is 0 Å². The number of carbonyl (C=O) groups excluding carboxylic acids is 1. The summed E-state index contributed by atoms with van der Waals surface area (Å²) in [4.78, 5) is 14.8. The molecular formula is C16H21NO2. The first-order chi connectivity index (χ1) is 9.28. The Balaban J connectivity index is 1.81. The predicted octanol–water partition coefficient (Wildman–Crippen LogP) is 2.09. The predicted molar refractivity (Wildman–Crippen MR) is 73.8 cm³/mol. The average molecular weight is 259 g/mol. The van der Waals surface area contributed by atoms with E-state index in [1.54, 1.807) is 0 Å². The van der Waals surface area contributed by atoms with Gasteiger partial charge in [-0.3, -0.25) is 4.79 Å². The molecule has 0 spiro atoms. The molecule has 3 rings (SSSR count). The maximum atomic E-state index is 12.9. The Morgan fingerprint density at radius 2 is 1.95 bits per heavy atom. The highest BCUT2D eigenvalue weighted by Crippen LogP contribution is 2.50. The molecule has 3 nitrogen and oxygen atoms in total. The zero-order valence-corrected chi connectivity index (χ0v) is 11.2. The minimum absolute atomic E-state index is 0.0626. The molecule has 0 bridgehead atoms. The van der Waals surface area contributed by atoms with Crippen LogP contribution in [0.3, 0.4) is 0 Å². The SMILES string of the molecule is O=C(N(CCO)C1CCC1)C1(c2ccccc2)CC1. The molecule has 1 amide bonds. The maximum absolute atomic E-state index is 12.9. The lowest BCUT2D eigenvalue weighted by Crippen LogP contribution is -2.49. The van der Waals surface area contributed by atoms with Gasteiger partial charge in [-0.15, -0.1) is 0 Å². The highest BCUT2D eigenvalue weighted by molar-refractivity contribution is 5.91. The lowest BCUT2D eigenvalue weighted by Gasteiger charge is -2.39. The van der Waals surface area contributed by atoms with Crippen LogP contribution in [0.25, 0.3) is 0 Å². The van der Waals surface area contributed by atoms with Crippen molar-refractivity contribution in [3.63, 3.8) is 0 Å². The number of benzene rings is 1. The molecule has 0 atom stereocenters. The Kier molecular flexibility index (Phi) is 3.31. The van der Waals surface area contributed by atoms with Crippen LogP contribution >= 0.6 is 0 Å². The van der Waals surface area contributed by atoms with Gasteiger partial charge in [0.2, 0.25) is 5.91 Å². The molecule has 1 aromatic rings. The molecule has 0 aliphatic heterocycles. The van der Waals surface area contributed by atoms with E-state index in [9.17, 15) is 9.90 Å². The van der Waals surface area contributed by atoms with Crippen LogP contribution in [-0.4, -0.2) is 35.1 Å². The van der Waals surface area contributed by atoms with E-state index in [1.807, 2.05) is 23.1 Å². The van der Waals surface area contributed by atoms with Gasteiger partial charge in [0.15, 0.2) is 0 Å². The second kappa shape index (κ2) is 4.97.